The third-order valence-corrected chi connectivity index (χ3v) is 4.94. The molecule has 0 bridgehead atoms. The molecule has 0 N–H and O–H groups in total. The summed E-state index contributed by atoms with van der Waals surface area (Å²) in [5.41, 5.74) is 1.88. The van der Waals surface area contributed by atoms with Gasteiger partial charge in [0, 0.05) is 19.6 Å². The first-order valence-corrected chi connectivity index (χ1v) is 8.54. The molecule has 1 aromatic rings. The molecular weight excluding hydrogens is 276 g/mol. The van der Waals surface area contributed by atoms with Crippen molar-refractivity contribution in [3.05, 3.63) is 35.9 Å². The molecule has 1 aromatic carbocycles. The van der Waals surface area contributed by atoms with Crippen molar-refractivity contribution < 1.29 is 13.3 Å². The van der Waals surface area contributed by atoms with Crippen molar-refractivity contribution in [3.8, 4) is 0 Å². The van der Waals surface area contributed by atoms with Gasteiger partial charge in [-0.1, -0.05) is 35.5 Å². The molecule has 5 nitrogen and oxygen atoms in total. The van der Waals surface area contributed by atoms with Crippen molar-refractivity contribution in [1.82, 2.24) is 4.90 Å². The zero-order chi connectivity index (χ0) is 14.4. The minimum Gasteiger partial charge on any atom is -0.394 e. The average Bonchev–Trinajstić information content (AvgIpc) is 2.46. The predicted octanol–water partition coefficient (Wildman–Crippen LogP) is 1.16. The van der Waals surface area contributed by atoms with Gasteiger partial charge in [-0.2, -0.15) is 0 Å². The van der Waals surface area contributed by atoms with Crippen LogP contribution in [0, 0.1) is 0 Å². The molecule has 0 radical (unpaired) electrons. The van der Waals surface area contributed by atoms with E-state index < -0.39 is 9.84 Å². The molecule has 0 saturated carbocycles. The van der Waals surface area contributed by atoms with E-state index in [1.807, 2.05) is 37.3 Å². The molecule has 1 aliphatic heterocycles. The Morgan fingerprint density at radius 2 is 1.90 bits per heavy atom. The zero-order valence-corrected chi connectivity index (χ0v) is 12.5. The largest absolute Gasteiger partial charge is 0.394 e. The fraction of sp³-hybridized carbons (Fsp3) is 0.500. The van der Waals surface area contributed by atoms with Crippen LogP contribution in [0.5, 0.6) is 0 Å². The fourth-order valence-corrected chi connectivity index (χ4v) is 3.30. The highest BCUT2D eigenvalue weighted by Crippen LogP contribution is 2.04. The topological polar surface area (TPSA) is 59.0 Å². The summed E-state index contributed by atoms with van der Waals surface area (Å²) in [4.78, 5) is 7.39. The van der Waals surface area contributed by atoms with Crippen LogP contribution in [0.15, 0.2) is 35.5 Å². The van der Waals surface area contributed by atoms with Gasteiger partial charge in [-0.05, 0) is 12.5 Å². The van der Waals surface area contributed by atoms with Gasteiger partial charge in [0.2, 0.25) is 0 Å². The number of nitrogens with zero attached hydrogens (tertiary/aromatic N) is 2. The van der Waals surface area contributed by atoms with Gasteiger partial charge in [0.25, 0.3) is 0 Å². The summed E-state index contributed by atoms with van der Waals surface area (Å²) >= 11 is 0. The Bertz CT molecular complexity index is 541. The summed E-state index contributed by atoms with van der Waals surface area (Å²) in [5.74, 6) is 0.499. The Morgan fingerprint density at radius 3 is 2.55 bits per heavy atom. The second-order valence-electron chi connectivity index (χ2n) is 4.87. The van der Waals surface area contributed by atoms with Crippen LogP contribution in [-0.2, 0) is 14.7 Å². The number of hydrogen-bond acceptors (Lipinski definition) is 5. The highest BCUT2D eigenvalue weighted by Gasteiger charge is 2.20. The van der Waals surface area contributed by atoms with Gasteiger partial charge in [0.1, 0.15) is 6.61 Å². The zero-order valence-electron chi connectivity index (χ0n) is 11.7. The number of rotatable bonds is 5. The Labute approximate surface area is 120 Å². The summed E-state index contributed by atoms with van der Waals surface area (Å²) in [6.45, 7) is 4.27. The number of oxime groups is 1. The monoisotopic (exact) mass is 296 g/mol. The molecule has 0 aliphatic carbocycles. The number of sulfone groups is 1. The maximum absolute atomic E-state index is 11.3. The fourth-order valence-electron chi connectivity index (χ4n) is 2.02. The van der Waals surface area contributed by atoms with E-state index in [0.29, 0.717) is 26.2 Å². The third kappa shape index (κ3) is 4.61. The smallest absolute Gasteiger partial charge is 0.152 e. The van der Waals surface area contributed by atoms with E-state index in [-0.39, 0.29) is 11.5 Å². The highest BCUT2D eigenvalue weighted by molar-refractivity contribution is 7.91. The van der Waals surface area contributed by atoms with Crippen molar-refractivity contribution in [1.29, 1.82) is 0 Å². The molecule has 1 aliphatic rings. The van der Waals surface area contributed by atoms with Crippen molar-refractivity contribution in [3.63, 3.8) is 0 Å². The predicted molar refractivity (Wildman–Crippen MR) is 79.7 cm³/mol. The van der Waals surface area contributed by atoms with E-state index in [0.717, 1.165) is 11.3 Å². The lowest BCUT2D eigenvalue weighted by Crippen LogP contribution is -2.41. The van der Waals surface area contributed by atoms with Crippen molar-refractivity contribution in [2.45, 2.75) is 6.92 Å². The molecule has 0 amide bonds. The van der Waals surface area contributed by atoms with E-state index in [2.05, 4.69) is 10.1 Å². The van der Waals surface area contributed by atoms with Crippen molar-refractivity contribution >= 4 is 15.5 Å². The van der Waals surface area contributed by atoms with Gasteiger partial charge in [-0.25, -0.2) is 8.42 Å². The molecule has 1 heterocycles. The molecule has 0 unspecified atom stereocenters. The van der Waals surface area contributed by atoms with E-state index in [1.54, 1.807) is 0 Å². The molecule has 0 aromatic heterocycles. The van der Waals surface area contributed by atoms with Crippen LogP contribution in [0.3, 0.4) is 0 Å². The molecule has 6 heteroatoms. The lowest BCUT2D eigenvalue weighted by Gasteiger charge is -2.25. The molecule has 0 atom stereocenters. The Hall–Kier alpha value is -1.40. The Morgan fingerprint density at radius 1 is 1.25 bits per heavy atom. The lowest BCUT2D eigenvalue weighted by molar-refractivity contribution is 0.113. The van der Waals surface area contributed by atoms with Crippen LogP contribution < -0.4 is 0 Å². The highest BCUT2D eigenvalue weighted by atomic mass is 32.2. The SMILES string of the molecule is C/C(=N/OCCN1CCS(=O)(=O)CC1)c1ccccc1. The summed E-state index contributed by atoms with van der Waals surface area (Å²) in [5, 5.41) is 4.08. The summed E-state index contributed by atoms with van der Waals surface area (Å²) in [7, 11) is -2.81. The van der Waals surface area contributed by atoms with Gasteiger partial charge >= 0.3 is 0 Å². The molecule has 0 spiro atoms. The first-order chi connectivity index (χ1) is 9.57. The lowest BCUT2D eigenvalue weighted by atomic mass is 10.1. The maximum Gasteiger partial charge on any atom is 0.152 e. The quantitative estimate of drug-likeness (QED) is 0.465. The van der Waals surface area contributed by atoms with E-state index in [1.165, 1.54) is 0 Å². The summed E-state index contributed by atoms with van der Waals surface area (Å²) in [6, 6.07) is 9.85. The second kappa shape index (κ2) is 6.85. The number of benzene rings is 1. The van der Waals surface area contributed by atoms with E-state index >= 15 is 0 Å². The average molecular weight is 296 g/mol. The minimum absolute atomic E-state index is 0.249. The van der Waals surface area contributed by atoms with Crippen LogP contribution in [0.4, 0.5) is 0 Å². The van der Waals surface area contributed by atoms with E-state index in [9.17, 15) is 8.42 Å². The number of hydrogen-bond donors (Lipinski definition) is 0. The molecule has 2 rings (SSSR count). The molecule has 20 heavy (non-hydrogen) atoms. The van der Waals surface area contributed by atoms with Crippen LogP contribution in [0.1, 0.15) is 12.5 Å². The van der Waals surface area contributed by atoms with Gasteiger partial charge < -0.3 is 4.84 Å². The van der Waals surface area contributed by atoms with Crippen LogP contribution >= 0.6 is 0 Å². The Kier molecular flexibility index (Phi) is 5.14. The first kappa shape index (κ1) is 15.0. The molecule has 1 fully saturated rings. The molecule has 110 valence electrons. The van der Waals surface area contributed by atoms with Crippen LogP contribution in [0.25, 0.3) is 0 Å². The maximum atomic E-state index is 11.3. The summed E-state index contributed by atoms with van der Waals surface area (Å²) < 4.78 is 22.6. The van der Waals surface area contributed by atoms with Gasteiger partial charge in [-0.15, -0.1) is 0 Å². The molecule has 1 saturated heterocycles. The first-order valence-electron chi connectivity index (χ1n) is 6.71. The standard InChI is InChI=1S/C14H20N2O3S/c1-13(14-5-3-2-4-6-14)15-19-10-7-16-8-11-20(17,18)12-9-16/h2-6H,7-12H2,1H3/b15-13-. The van der Waals surface area contributed by atoms with Gasteiger partial charge in [0.15, 0.2) is 9.84 Å². The minimum atomic E-state index is -2.81. The van der Waals surface area contributed by atoms with Crippen molar-refractivity contribution in [2.24, 2.45) is 5.16 Å². The Balaban J connectivity index is 1.72. The second-order valence-corrected chi connectivity index (χ2v) is 7.17. The van der Waals surface area contributed by atoms with E-state index in [4.69, 9.17) is 4.84 Å². The molecular formula is C14H20N2O3S. The van der Waals surface area contributed by atoms with Crippen molar-refractivity contribution in [2.75, 3.05) is 37.7 Å². The normalized spacial score (nSPS) is 19.8. The van der Waals surface area contributed by atoms with Gasteiger partial charge in [0.05, 0.1) is 17.2 Å². The van der Waals surface area contributed by atoms with Crippen LogP contribution in [0.2, 0.25) is 0 Å². The van der Waals surface area contributed by atoms with Gasteiger partial charge in [-0.3, -0.25) is 4.90 Å². The summed E-state index contributed by atoms with van der Waals surface area (Å²) in [6.07, 6.45) is 0. The third-order valence-electron chi connectivity index (χ3n) is 3.33. The van der Waals surface area contributed by atoms with Crippen LogP contribution in [-0.4, -0.2) is 56.8 Å².